The largest absolute Gasteiger partial charge is 0.369 e. The molecule has 1 N–H and O–H groups in total. The van der Waals surface area contributed by atoms with Crippen LogP contribution in [0, 0.1) is 31.3 Å². The van der Waals surface area contributed by atoms with Crippen molar-refractivity contribution in [3.05, 3.63) is 58.9 Å². The lowest BCUT2D eigenvalue weighted by atomic mass is 10.1. The molecule has 144 valence electrons. The number of hydrogen-bond acceptors (Lipinski definition) is 3. The van der Waals surface area contributed by atoms with Gasteiger partial charge in [0.2, 0.25) is 5.91 Å². The van der Waals surface area contributed by atoms with E-state index in [-0.39, 0.29) is 12.2 Å². The summed E-state index contributed by atoms with van der Waals surface area (Å²) in [6, 6.07) is 8.02. The molecule has 7 heteroatoms. The van der Waals surface area contributed by atoms with Gasteiger partial charge in [-0.2, -0.15) is 0 Å². The summed E-state index contributed by atoms with van der Waals surface area (Å²) in [7, 11) is 0. The number of carbonyl (C=O) groups excluding carboxylic acids is 1. The van der Waals surface area contributed by atoms with Gasteiger partial charge >= 0.3 is 0 Å². The fraction of sp³-hybridized carbons (Fsp3) is 0.350. The summed E-state index contributed by atoms with van der Waals surface area (Å²) in [4.78, 5) is 16.4. The first kappa shape index (κ1) is 19.2. The molecule has 0 radical (unpaired) electrons. The Labute approximate surface area is 156 Å². The fourth-order valence-corrected chi connectivity index (χ4v) is 3.24. The minimum absolute atomic E-state index is 0.0685. The Kier molecular flexibility index (Phi) is 5.70. The van der Waals surface area contributed by atoms with Gasteiger partial charge < -0.3 is 10.2 Å². The Morgan fingerprint density at radius 2 is 1.70 bits per heavy atom. The van der Waals surface area contributed by atoms with Crippen LogP contribution in [0.4, 0.5) is 24.5 Å². The smallest absolute Gasteiger partial charge is 0.238 e. The lowest BCUT2D eigenvalue weighted by molar-refractivity contribution is -0.117. The summed E-state index contributed by atoms with van der Waals surface area (Å²) >= 11 is 0. The Balaban J connectivity index is 1.55. The normalized spacial score (nSPS) is 15.1. The summed E-state index contributed by atoms with van der Waals surface area (Å²) in [6.45, 7) is 7.16. The zero-order chi connectivity index (χ0) is 19.6. The second-order valence-corrected chi connectivity index (χ2v) is 6.75. The molecular formula is C20H22F3N3O. The highest BCUT2D eigenvalue weighted by molar-refractivity contribution is 5.92. The quantitative estimate of drug-likeness (QED) is 0.829. The van der Waals surface area contributed by atoms with E-state index in [2.05, 4.69) is 36.2 Å². The molecule has 2 aromatic rings. The molecule has 0 bridgehead atoms. The van der Waals surface area contributed by atoms with Gasteiger partial charge in [-0.05, 0) is 43.2 Å². The SMILES string of the molecule is Cc1cccc(N2CCN(CC(=O)Nc3ccc(F)c(F)c3F)CC2)c1C. The van der Waals surface area contributed by atoms with E-state index in [4.69, 9.17) is 0 Å². The first-order chi connectivity index (χ1) is 12.9. The minimum Gasteiger partial charge on any atom is -0.369 e. The second kappa shape index (κ2) is 8.00. The van der Waals surface area contributed by atoms with Gasteiger partial charge in [-0.3, -0.25) is 9.69 Å². The van der Waals surface area contributed by atoms with Crippen LogP contribution in [-0.4, -0.2) is 43.5 Å². The van der Waals surface area contributed by atoms with E-state index in [9.17, 15) is 18.0 Å². The van der Waals surface area contributed by atoms with Crippen molar-refractivity contribution in [1.29, 1.82) is 0 Å². The molecule has 1 saturated heterocycles. The predicted molar refractivity (Wildman–Crippen MR) is 99.5 cm³/mol. The van der Waals surface area contributed by atoms with E-state index >= 15 is 0 Å². The maximum atomic E-state index is 13.7. The standard InChI is InChI=1S/C20H22F3N3O/c1-13-4-3-5-17(14(13)2)26-10-8-25(9-11-26)12-18(27)24-16-7-6-15(21)19(22)20(16)23/h3-7H,8-12H2,1-2H3,(H,24,27). The number of carbonyl (C=O) groups is 1. The molecule has 3 rings (SSSR count). The van der Waals surface area contributed by atoms with Crippen LogP contribution >= 0.6 is 0 Å². The highest BCUT2D eigenvalue weighted by Crippen LogP contribution is 2.24. The van der Waals surface area contributed by atoms with Gasteiger partial charge in [0.1, 0.15) is 0 Å². The summed E-state index contributed by atoms with van der Waals surface area (Å²) in [6.07, 6.45) is 0. The van der Waals surface area contributed by atoms with Crippen LogP contribution < -0.4 is 10.2 Å². The molecule has 4 nitrogen and oxygen atoms in total. The molecule has 0 unspecified atom stereocenters. The van der Waals surface area contributed by atoms with Crippen molar-refractivity contribution in [2.45, 2.75) is 13.8 Å². The molecule has 1 amide bonds. The van der Waals surface area contributed by atoms with E-state index in [1.165, 1.54) is 16.8 Å². The maximum absolute atomic E-state index is 13.7. The van der Waals surface area contributed by atoms with Gasteiger partial charge in [0.15, 0.2) is 17.5 Å². The van der Waals surface area contributed by atoms with Crippen molar-refractivity contribution >= 4 is 17.3 Å². The zero-order valence-electron chi connectivity index (χ0n) is 15.4. The van der Waals surface area contributed by atoms with E-state index in [1.54, 1.807) is 0 Å². The van der Waals surface area contributed by atoms with E-state index < -0.39 is 23.4 Å². The van der Waals surface area contributed by atoms with Gasteiger partial charge in [0.05, 0.1) is 12.2 Å². The molecule has 1 aliphatic heterocycles. The molecule has 0 atom stereocenters. The summed E-state index contributed by atoms with van der Waals surface area (Å²) < 4.78 is 39.9. The average molecular weight is 377 g/mol. The first-order valence-corrected chi connectivity index (χ1v) is 8.83. The molecule has 1 fully saturated rings. The van der Waals surface area contributed by atoms with Crippen LogP contribution in [0.1, 0.15) is 11.1 Å². The molecule has 27 heavy (non-hydrogen) atoms. The van der Waals surface area contributed by atoms with Crippen molar-refractivity contribution in [3.8, 4) is 0 Å². The third kappa shape index (κ3) is 4.24. The lowest BCUT2D eigenvalue weighted by Gasteiger charge is -2.36. The summed E-state index contributed by atoms with van der Waals surface area (Å²) in [5.41, 5.74) is 3.33. The number of hydrogen-bond donors (Lipinski definition) is 1. The molecule has 1 aliphatic rings. The maximum Gasteiger partial charge on any atom is 0.238 e. The van der Waals surface area contributed by atoms with Crippen molar-refractivity contribution < 1.29 is 18.0 Å². The molecule has 0 aliphatic carbocycles. The van der Waals surface area contributed by atoms with Crippen LogP contribution in [0.3, 0.4) is 0 Å². The third-order valence-corrected chi connectivity index (χ3v) is 4.97. The van der Waals surface area contributed by atoms with Gasteiger partial charge in [0.25, 0.3) is 0 Å². The number of aryl methyl sites for hydroxylation is 1. The van der Waals surface area contributed by atoms with Gasteiger partial charge in [0, 0.05) is 31.9 Å². The molecular weight excluding hydrogens is 355 g/mol. The highest BCUT2D eigenvalue weighted by atomic mass is 19.2. The van der Waals surface area contributed by atoms with Crippen LogP contribution in [-0.2, 0) is 4.79 Å². The Hall–Kier alpha value is -2.54. The lowest BCUT2D eigenvalue weighted by Crippen LogP contribution is -2.48. The number of nitrogens with zero attached hydrogens (tertiary/aromatic N) is 2. The van der Waals surface area contributed by atoms with E-state index in [0.717, 1.165) is 25.2 Å². The van der Waals surface area contributed by atoms with Crippen LogP contribution in [0.2, 0.25) is 0 Å². The number of benzene rings is 2. The Morgan fingerprint density at radius 3 is 2.41 bits per heavy atom. The van der Waals surface area contributed by atoms with Crippen molar-refractivity contribution in [2.24, 2.45) is 0 Å². The molecule has 0 saturated carbocycles. The number of piperazine rings is 1. The number of rotatable bonds is 4. The molecule has 1 heterocycles. The fourth-order valence-electron chi connectivity index (χ4n) is 3.24. The molecule has 0 spiro atoms. The van der Waals surface area contributed by atoms with Crippen LogP contribution in [0.5, 0.6) is 0 Å². The zero-order valence-corrected chi connectivity index (χ0v) is 15.4. The van der Waals surface area contributed by atoms with Crippen LogP contribution in [0.25, 0.3) is 0 Å². The van der Waals surface area contributed by atoms with E-state index in [0.29, 0.717) is 13.1 Å². The van der Waals surface area contributed by atoms with Gasteiger partial charge in [-0.1, -0.05) is 12.1 Å². The van der Waals surface area contributed by atoms with E-state index in [1.807, 2.05) is 11.0 Å². The van der Waals surface area contributed by atoms with Crippen molar-refractivity contribution in [3.63, 3.8) is 0 Å². The van der Waals surface area contributed by atoms with Crippen molar-refractivity contribution in [1.82, 2.24) is 4.90 Å². The Bertz CT molecular complexity index is 849. The van der Waals surface area contributed by atoms with Gasteiger partial charge in [-0.25, -0.2) is 13.2 Å². The number of anilines is 2. The summed E-state index contributed by atoms with van der Waals surface area (Å²) in [5.74, 6) is -4.72. The monoisotopic (exact) mass is 377 g/mol. The van der Waals surface area contributed by atoms with Crippen molar-refractivity contribution in [2.75, 3.05) is 42.9 Å². The molecule has 2 aromatic carbocycles. The molecule has 0 aromatic heterocycles. The van der Waals surface area contributed by atoms with Crippen LogP contribution in [0.15, 0.2) is 30.3 Å². The second-order valence-electron chi connectivity index (χ2n) is 6.75. The average Bonchev–Trinajstić information content (AvgIpc) is 2.65. The predicted octanol–water partition coefficient (Wildman–Crippen LogP) is 3.48. The third-order valence-electron chi connectivity index (χ3n) is 4.97. The number of halogens is 3. The van der Waals surface area contributed by atoms with Gasteiger partial charge in [-0.15, -0.1) is 0 Å². The number of amides is 1. The highest BCUT2D eigenvalue weighted by Gasteiger charge is 2.21. The minimum atomic E-state index is -1.59. The number of nitrogens with one attached hydrogen (secondary N) is 1. The summed E-state index contributed by atoms with van der Waals surface area (Å²) in [5, 5.41) is 2.31. The Morgan fingerprint density at radius 1 is 1.00 bits per heavy atom. The first-order valence-electron chi connectivity index (χ1n) is 8.83. The topological polar surface area (TPSA) is 35.6 Å².